The summed E-state index contributed by atoms with van der Waals surface area (Å²) in [5.41, 5.74) is 4.34. The van der Waals surface area contributed by atoms with Crippen LogP contribution in [0.3, 0.4) is 0 Å². The first kappa shape index (κ1) is 16.5. The minimum absolute atomic E-state index is 0.126. The highest BCUT2D eigenvalue weighted by atomic mass is 32.1. The van der Waals surface area contributed by atoms with E-state index in [-0.39, 0.29) is 6.04 Å². The third-order valence-corrected chi connectivity index (χ3v) is 5.40. The van der Waals surface area contributed by atoms with E-state index in [9.17, 15) is 0 Å². The van der Waals surface area contributed by atoms with E-state index in [0.717, 1.165) is 5.11 Å². The highest BCUT2D eigenvalue weighted by Gasteiger charge is 2.19. The molecule has 0 fully saturated rings. The molecule has 2 aromatic rings. The molecule has 1 aromatic heterocycles. The van der Waals surface area contributed by atoms with E-state index in [2.05, 4.69) is 60.2 Å². The van der Waals surface area contributed by atoms with Crippen molar-refractivity contribution < 1.29 is 0 Å². The van der Waals surface area contributed by atoms with Crippen LogP contribution in [0.25, 0.3) is 0 Å². The number of thiocarbonyl (C=S) groups is 1. The van der Waals surface area contributed by atoms with Gasteiger partial charge in [0.2, 0.25) is 0 Å². The molecule has 0 unspecified atom stereocenters. The summed E-state index contributed by atoms with van der Waals surface area (Å²) in [5.74, 6) is 0. The van der Waals surface area contributed by atoms with Gasteiger partial charge in [0.1, 0.15) is 0 Å². The Morgan fingerprint density at radius 1 is 1.09 bits per heavy atom. The van der Waals surface area contributed by atoms with E-state index >= 15 is 0 Å². The van der Waals surface area contributed by atoms with Crippen molar-refractivity contribution in [2.24, 2.45) is 0 Å². The van der Waals surface area contributed by atoms with E-state index < -0.39 is 0 Å². The Morgan fingerprint density at radius 2 is 1.87 bits per heavy atom. The van der Waals surface area contributed by atoms with Gasteiger partial charge in [-0.15, -0.1) is 11.3 Å². The van der Waals surface area contributed by atoms with Crippen LogP contribution in [-0.4, -0.2) is 11.2 Å². The molecule has 2 nitrogen and oxygen atoms in total. The summed E-state index contributed by atoms with van der Waals surface area (Å²) in [4.78, 5) is 1.30. The Kier molecular flexibility index (Phi) is 5.34. The number of fused-ring (bicyclic) bond motifs is 1. The second-order valence-corrected chi connectivity index (χ2v) is 7.84. The summed E-state index contributed by atoms with van der Waals surface area (Å²) in [7, 11) is 0. The second-order valence-electron chi connectivity index (χ2n) is 6.46. The number of hydrogen-bond donors (Lipinski definition) is 2. The summed E-state index contributed by atoms with van der Waals surface area (Å²) in [6.07, 6.45) is 5.05. The first-order valence-corrected chi connectivity index (χ1v) is 9.64. The van der Waals surface area contributed by atoms with Crippen molar-refractivity contribution in [1.29, 1.82) is 0 Å². The van der Waals surface area contributed by atoms with Crippen molar-refractivity contribution in [2.45, 2.75) is 51.6 Å². The molecule has 122 valence electrons. The number of rotatable bonds is 4. The van der Waals surface area contributed by atoms with Crippen LogP contribution in [0.4, 0.5) is 0 Å². The third-order valence-electron chi connectivity index (χ3n) is 4.23. The van der Waals surface area contributed by atoms with Gasteiger partial charge in [-0.1, -0.05) is 24.3 Å². The fraction of sp³-hybridized carbons (Fsp3) is 0.421. The summed E-state index contributed by atoms with van der Waals surface area (Å²) >= 11 is 7.26. The quantitative estimate of drug-likeness (QED) is 0.793. The Bertz CT molecular complexity index is 662. The van der Waals surface area contributed by atoms with Gasteiger partial charge in [-0.3, -0.25) is 0 Å². The molecule has 0 bridgehead atoms. The van der Waals surface area contributed by atoms with Crippen molar-refractivity contribution in [1.82, 2.24) is 10.6 Å². The van der Waals surface area contributed by atoms with E-state index in [0.29, 0.717) is 6.04 Å². The van der Waals surface area contributed by atoms with Crippen LogP contribution in [0.2, 0.25) is 0 Å². The van der Waals surface area contributed by atoms with Crippen molar-refractivity contribution >= 4 is 28.7 Å². The summed E-state index contributed by atoms with van der Waals surface area (Å²) in [5, 5.41) is 9.64. The van der Waals surface area contributed by atoms with Crippen LogP contribution in [0, 0.1) is 0 Å². The molecule has 1 aliphatic rings. The van der Waals surface area contributed by atoms with E-state index in [1.807, 2.05) is 0 Å². The average molecular weight is 345 g/mol. The zero-order chi connectivity index (χ0) is 16.2. The third kappa shape index (κ3) is 4.12. The molecule has 0 aliphatic heterocycles. The number of aryl methyl sites for hydroxylation is 2. The van der Waals surface area contributed by atoms with Crippen LogP contribution in [0.1, 0.15) is 54.3 Å². The second kappa shape index (κ2) is 7.45. The molecule has 2 N–H and O–H groups in total. The molecule has 1 aliphatic carbocycles. The maximum atomic E-state index is 5.48. The molecule has 0 saturated carbocycles. The molecular weight excluding hydrogens is 320 g/mol. The molecule has 1 heterocycles. The van der Waals surface area contributed by atoms with Gasteiger partial charge in [0.05, 0.1) is 6.04 Å². The van der Waals surface area contributed by atoms with Gasteiger partial charge in [-0.05, 0) is 79.9 Å². The number of nitrogens with one attached hydrogen (secondary N) is 2. The molecule has 4 heteroatoms. The zero-order valence-electron chi connectivity index (χ0n) is 13.8. The Morgan fingerprint density at radius 3 is 2.57 bits per heavy atom. The van der Waals surface area contributed by atoms with Crippen molar-refractivity contribution in [2.75, 3.05) is 0 Å². The van der Waals surface area contributed by atoms with Gasteiger partial charge in [0.15, 0.2) is 5.11 Å². The first-order valence-electron chi connectivity index (χ1n) is 8.35. The Hall–Kier alpha value is -1.39. The first-order chi connectivity index (χ1) is 11.1. The lowest BCUT2D eigenvalue weighted by Crippen LogP contribution is -2.41. The molecule has 1 atom stereocenters. The lowest BCUT2D eigenvalue weighted by atomic mass is 9.89. The topological polar surface area (TPSA) is 24.1 Å². The van der Waals surface area contributed by atoms with Gasteiger partial charge in [0, 0.05) is 10.9 Å². The van der Waals surface area contributed by atoms with Gasteiger partial charge in [-0.25, -0.2) is 0 Å². The van der Waals surface area contributed by atoms with Crippen molar-refractivity contribution in [3.05, 3.63) is 57.3 Å². The summed E-state index contributed by atoms with van der Waals surface area (Å²) in [6.45, 7) is 4.21. The van der Waals surface area contributed by atoms with Gasteiger partial charge < -0.3 is 10.6 Å². The molecule has 3 rings (SSSR count). The van der Waals surface area contributed by atoms with Gasteiger partial charge in [0.25, 0.3) is 0 Å². The standard InChI is InChI=1S/C19H24N2S2/c1-13(2)20-19(22)21-18(17-8-5-11-23-17)16-10-9-14-6-3-4-7-15(14)12-16/h5,8-13,18H,3-4,6-7H2,1-2H3,(H2,20,21,22)/t18-/m0/s1. The molecule has 0 radical (unpaired) electrons. The normalized spacial score (nSPS) is 15.1. The monoisotopic (exact) mass is 344 g/mol. The fourth-order valence-electron chi connectivity index (χ4n) is 3.14. The highest BCUT2D eigenvalue weighted by molar-refractivity contribution is 7.80. The lowest BCUT2D eigenvalue weighted by molar-refractivity contribution is 0.673. The van der Waals surface area contributed by atoms with Crippen molar-refractivity contribution in [3.63, 3.8) is 0 Å². The van der Waals surface area contributed by atoms with E-state index in [1.54, 1.807) is 11.3 Å². The van der Waals surface area contributed by atoms with Gasteiger partial charge in [-0.2, -0.15) is 0 Å². The smallest absolute Gasteiger partial charge is 0.167 e. The molecule has 23 heavy (non-hydrogen) atoms. The van der Waals surface area contributed by atoms with Crippen LogP contribution in [-0.2, 0) is 12.8 Å². The van der Waals surface area contributed by atoms with Gasteiger partial charge >= 0.3 is 0 Å². The predicted molar refractivity (Wildman–Crippen MR) is 103 cm³/mol. The van der Waals surface area contributed by atoms with Crippen molar-refractivity contribution in [3.8, 4) is 0 Å². The largest absolute Gasteiger partial charge is 0.361 e. The summed E-state index contributed by atoms with van der Waals surface area (Å²) < 4.78 is 0. The Labute approximate surface area is 148 Å². The van der Waals surface area contributed by atoms with E-state index in [1.165, 1.54) is 47.3 Å². The minimum Gasteiger partial charge on any atom is -0.361 e. The molecule has 0 amide bonds. The van der Waals surface area contributed by atoms with E-state index in [4.69, 9.17) is 12.2 Å². The predicted octanol–water partition coefficient (Wildman–Crippen LogP) is 4.59. The number of benzene rings is 1. The SMILES string of the molecule is CC(C)NC(=S)N[C@@H](c1ccc2c(c1)CCCC2)c1cccs1. The molecule has 1 aromatic carbocycles. The van der Waals surface area contributed by atoms with Crippen LogP contribution in [0.15, 0.2) is 35.7 Å². The van der Waals surface area contributed by atoms with Crippen LogP contribution in [0.5, 0.6) is 0 Å². The number of hydrogen-bond acceptors (Lipinski definition) is 2. The highest BCUT2D eigenvalue weighted by Crippen LogP contribution is 2.30. The zero-order valence-corrected chi connectivity index (χ0v) is 15.4. The fourth-order valence-corrected chi connectivity index (χ4v) is 4.30. The maximum absolute atomic E-state index is 5.48. The molecule has 0 spiro atoms. The number of thiophene rings is 1. The molecular formula is C19H24N2S2. The summed E-state index contributed by atoms with van der Waals surface area (Å²) in [6, 6.07) is 11.7. The van der Waals surface area contributed by atoms with Crippen LogP contribution < -0.4 is 10.6 Å². The Balaban J connectivity index is 1.87. The van der Waals surface area contributed by atoms with Crippen LogP contribution >= 0.6 is 23.6 Å². The minimum atomic E-state index is 0.126. The molecule has 0 saturated heterocycles. The maximum Gasteiger partial charge on any atom is 0.167 e. The average Bonchev–Trinajstić information content (AvgIpc) is 3.05. The lowest BCUT2D eigenvalue weighted by Gasteiger charge is -2.24.